The topological polar surface area (TPSA) is 64.6 Å². The highest BCUT2D eigenvalue weighted by molar-refractivity contribution is 7.99. The van der Waals surface area contributed by atoms with Crippen molar-refractivity contribution >= 4 is 34.7 Å². The molecule has 1 aliphatic carbocycles. The number of rotatable bonds is 14. The van der Waals surface area contributed by atoms with Crippen molar-refractivity contribution in [3.8, 4) is 11.5 Å². The first kappa shape index (κ1) is 35.0. The molecule has 0 saturated heterocycles. The summed E-state index contributed by atoms with van der Waals surface area (Å²) in [7, 11) is 0. The van der Waals surface area contributed by atoms with Gasteiger partial charge in [-0.25, -0.2) is 0 Å². The van der Waals surface area contributed by atoms with Crippen molar-refractivity contribution in [1.29, 1.82) is 0 Å². The smallest absolute Gasteiger partial charge is 0.196 e. The van der Waals surface area contributed by atoms with Crippen molar-refractivity contribution in [2.75, 3.05) is 11.9 Å². The number of hydrogen-bond donors (Lipinski definition) is 1. The number of anilines is 2. The first-order valence-electron chi connectivity index (χ1n) is 17.6. The summed E-state index contributed by atoms with van der Waals surface area (Å²) in [6.07, 6.45) is 5.97. The summed E-state index contributed by atoms with van der Waals surface area (Å²) in [5.74, 6) is 1.27. The molecule has 0 saturated carbocycles. The third kappa shape index (κ3) is 8.31. The van der Waals surface area contributed by atoms with E-state index in [0.29, 0.717) is 41.2 Å². The van der Waals surface area contributed by atoms with Gasteiger partial charge in [0.2, 0.25) is 0 Å². The molecule has 5 aromatic rings. The number of carbonyl (C=O) groups excluding carboxylic acids is 2. The fourth-order valence-corrected chi connectivity index (χ4v) is 7.06. The van der Waals surface area contributed by atoms with E-state index in [-0.39, 0.29) is 17.0 Å². The minimum atomic E-state index is -0.164. The van der Waals surface area contributed by atoms with E-state index in [1.807, 2.05) is 72.8 Å². The van der Waals surface area contributed by atoms with Gasteiger partial charge in [-0.2, -0.15) is 0 Å². The van der Waals surface area contributed by atoms with Crippen molar-refractivity contribution in [2.24, 2.45) is 0 Å². The molecule has 5 aromatic carbocycles. The van der Waals surface area contributed by atoms with E-state index < -0.39 is 0 Å². The zero-order valence-corrected chi connectivity index (χ0v) is 30.2. The maximum atomic E-state index is 14.0. The maximum Gasteiger partial charge on any atom is 0.196 e. The minimum Gasteiger partial charge on any atom is -0.494 e. The van der Waals surface area contributed by atoms with E-state index in [4.69, 9.17) is 9.47 Å². The Balaban J connectivity index is 1.11. The Morgan fingerprint density at radius 1 is 0.640 bits per heavy atom. The van der Waals surface area contributed by atoms with Crippen molar-refractivity contribution in [3.63, 3.8) is 0 Å². The number of unbranched alkanes of at least 4 members (excludes halogenated alkanes) is 4. The summed E-state index contributed by atoms with van der Waals surface area (Å²) in [4.78, 5) is 29.7. The summed E-state index contributed by atoms with van der Waals surface area (Å²) >= 11 is 1.47. The van der Waals surface area contributed by atoms with Crippen LogP contribution in [-0.4, -0.2) is 18.2 Å². The minimum absolute atomic E-state index is 0.114. The number of ether oxygens (including phenoxy) is 2. The van der Waals surface area contributed by atoms with E-state index in [1.54, 1.807) is 12.1 Å². The molecule has 5 nitrogen and oxygen atoms in total. The lowest BCUT2D eigenvalue weighted by Gasteiger charge is -2.22. The van der Waals surface area contributed by atoms with Gasteiger partial charge < -0.3 is 14.8 Å². The lowest BCUT2D eigenvalue weighted by Crippen LogP contribution is -2.23. The Morgan fingerprint density at radius 2 is 1.26 bits per heavy atom. The number of benzene rings is 5. The molecule has 0 fully saturated rings. The second kappa shape index (κ2) is 15.8. The van der Waals surface area contributed by atoms with Gasteiger partial charge in [0.15, 0.2) is 11.6 Å². The molecular weight excluding hydrogens is 639 g/mol. The van der Waals surface area contributed by atoms with Crippen molar-refractivity contribution in [2.45, 2.75) is 81.6 Å². The standard InChI is InChI=1S/C44H45NO4S/c1-5-6-7-8-9-28-48-33-22-20-32(21-23-33)45-38-14-10-12-36-40(38)42(46)37-13-11-15-39(41(37)43(36)47)50-35-26-24-34(25-27-35)49-29-30-16-18-31(19-17-30)44(2,3)4/h10-27,45H,5-9,28-29H2,1-4H3. The monoisotopic (exact) mass is 683 g/mol. The molecule has 0 unspecified atom stereocenters. The molecule has 0 aliphatic heterocycles. The van der Waals surface area contributed by atoms with Gasteiger partial charge in [0, 0.05) is 32.2 Å². The fourth-order valence-electron chi connectivity index (χ4n) is 6.08. The van der Waals surface area contributed by atoms with Crippen LogP contribution in [0.3, 0.4) is 0 Å². The van der Waals surface area contributed by atoms with Crippen LogP contribution in [0.2, 0.25) is 0 Å². The molecule has 6 heteroatoms. The lowest BCUT2D eigenvalue weighted by atomic mass is 9.83. The van der Waals surface area contributed by atoms with Crippen LogP contribution in [0.25, 0.3) is 0 Å². The maximum absolute atomic E-state index is 14.0. The van der Waals surface area contributed by atoms with Crippen LogP contribution in [0.1, 0.15) is 103 Å². The Labute approximate surface area is 300 Å². The molecule has 50 heavy (non-hydrogen) atoms. The van der Waals surface area contributed by atoms with Crippen LogP contribution in [0.15, 0.2) is 119 Å². The molecule has 256 valence electrons. The third-order valence-electron chi connectivity index (χ3n) is 8.96. The van der Waals surface area contributed by atoms with Crippen LogP contribution in [0.5, 0.6) is 11.5 Å². The van der Waals surface area contributed by atoms with Crippen molar-refractivity contribution in [3.05, 3.63) is 143 Å². The summed E-state index contributed by atoms with van der Waals surface area (Å²) in [6.45, 7) is 10.0. The Kier molecular flexibility index (Phi) is 11.1. The lowest BCUT2D eigenvalue weighted by molar-refractivity contribution is 0.0977. The molecular formula is C44H45NO4S. The number of carbonyl (C=O) groups is 2. The Morgan fingerprint density at radius 3 is 1.96 bits per heavy atom. The van der Waals surface area contributed by atoms with Crippen molar-refractivity contribution in [1.82, 2.24) is 0 Å². The van der Waals surface area contributed by atoms with Crippen molar-refractivity contribution < 1.29 is 19.1 Å². The molecule has 0 radical (unpaired) electrons. The van der Waals surface area contributed by atoms with Gasteiger partial charge in [0.05, 0.1) is 17.9 Å². The van der Waals surface area contributed by atoms with Gasteiger partial charge >= 0.3 is 0 Å². The molecule has 0 spiro atoms. The first-order valence-corrected chi connectivity index (χ1v) is 18.4. The highest BCUT2D eigenvalue weighted by Gasteiger charge is 2.33. The number of ketones is 2. The summed E-state index contributed by atoms with van der Waals surface area (Å²) in [6, 6.07) is 35.0. The predicted octanol–water partition coefficient (Wildman–Crippen LogP) is 11.6. The van der Waals surface area contributed by atoms with E-state index in [9.17, 15) is 9.59 Å². The van der Waals surface area contributed by atoms with Crippen LogP contribution in [-0.2, 0) is 12.0 Å². The zero-order valence-electron chi connectivity index (χ0n) is 29.4. The van der Waals surface area contributed by atoms with Crippen LogP contribution in [0, 0.1) is 0 Å². The van der Waals surface area contributed by atoms with E-state index >= 15 is 0 Å². The second-order valence-electron chi connectivity index (χ2n) is 13.8. The predicted molar refractivity (Wildman–Crippen MR) is 204 cm³/mol. The average Bonchev–Trinajstić information content (AvgIpc) is 3.12. The van der Waals surface area contributed by atoms with Crippen LogP contribution >= 0.6 is 11.8 Å². The molecule has 1 N–H and O–H groups in total. The highest BCUT2D eigenvalue weighted by Crippen LogP contribution is 2.40. The molecule has 1 aliphatic rings. The third-order valence-corrected chi connectivity index (χ3v) is 10.0. The number of nitrogens with one attached hydrogen (secondary N) is 1. The average molecular weight is 684 g/mol. The fraction of sp³-hybridized carbons (Fsp3) is 0.273. The quantitative estimate of drug-likeness (QED) is 0.115. The van der Waals surface area contributed by atoms with Gasteiger partial charge in [-0.3, -0.25) is 9.59 Å². The summed E-state index contributed by atoms with van der Waals surface area (Å²) in [5, 5.41) is 3.37. The zero-order chi connectivity index (χ0) is 35.1. The molecule has 0 heterocycles. The van der Waals surface area contributed by atoms with E-state index in [1.165, 1.54) is 43.0 Å². The Bertz CT molecular complexity index is 1940. The Hall–Kier alpha value is -4.81. The van der Waals surface area contributed by atoms with Gasteiger partial charge in [-0.15, -0.1) is 0 Å². The SMILES string of the molecule is CCCCCCCOc1ccc(Nc2cccc3c2C(=O)c2cccc(Sc4ccc(OCc5ccc(C(C)(C)C)cc5)cc4)c2C3=O)cc1. The molecule has 0 amide bonds. The van der Waals surface area contributed by atoms with Gasteiger partial charge in [-0.1, -0.05) is 114 Å². The van der Waals surface area contributed by atoms with Gasteiger partial charge in [0.1, 0.15) is 18.1 Å². The van der Waals surface area contributed by atoms with Crippen LogP contribution in [0.4, 0.5) is 11.4 Å². The van der Waals surface area contributed by atoms with E-state index in [2.05, 4.69) is 57.3 Å². The molecule has 6 rings (SSSR count). The number of hydrogen-bond acceptors (Lipinski definition) is 6. The van der Waals surface area contributed by atoms with Crippen LogP contribution < -0.4 is 14.8 Å². The highest BCUT2D eigenvalue weighted by atomic mass is 32.2. The first-order chi connectivity index (χ1) is 24.2. The van der Waals surface area contributed by atoms with Gasteiger partial charge in [0.25, 0.3) is 0 Å². The molecule has 0 aromatic heterocycles. The number of fused-ring (bicyclic) bond motifs is 2. The molecule has 0 atom stereocenters. The second-order valence-corrected chi connectivity index (χ2v) is 14.9. The van der Waals surface area contributed by atoms with Gasteiger partial charge in [-0.05, 0) is 83.6 Å². The summed E-state index contributed by atoms with van der Waals surface area (Å²) < 4.78 is 12.0. The molecule has 0 bridgehead atoms. The normalized spacial score (nSPS) is 12.3. The largest absolute Gasteiger partial charge is 0.494 e. The summed E-state index contributed by atoms with van der Waals surface area (Å²) in [5.41, 5.74) is 5.61. The van der Waals surface area contributed by atoms with E-state index in [0.717, 1.165) is 39.0 Å².